The van der Waals surface area contributed by atoms with Gasteiger partial charge in [0.25, 0.3) is 0 Å². The van der Waals surface area contributed by atoms with Crippen molar-refractivity contribution in [2.45, 2.75) is 6.92 Å². The maximum atomic E-state index is 6.68. The SMILES string of the molecule is Cc1c2ccccc2c(-c2ccccc2)c2c(-c3cc4ccccc4o3)c3ccccc3c(-c3cc4ccccc4o3)c12. The van der Waals surface area contributed by atoms with Gasteiger partial charge < -0.3 is 8.83 Å². The van der Waals surface area contributed by atoms with E-state index in [-0.39, 0.29) is 0 Å². The van der Waals surface area contributed by atoms with Crippen LogP contribution in [0.3, 0.4) is 0 Å². The molecular formula is C41H26O2. The molecule has 0 aliphatic heterocycles. The number of hydrogen-bond acceptors (Lipinski definition) is 2. The average molecular weight is 551 g/mol. The van der Waals surface area contributed by atoms with Crippen LogP contribution in [0, 0.1) is 6.92 Å². The second-order valence-electron chi connectivity index (χ2n) is 11.3. The summed E-state index contributed by atoms with van der Waals surface area (Å²) in [5.41, 5.74) is 7.59. The zero-order chi connectivity index (χ0) is 28.5. The third-order valence-corrected chi connectivity index (χ3v) is 8.85. The average Bonchev–Trinajstić information content (AvgIpc) is 3.69. The molecule has 2 nitrogen and oxygen atoms in total. The maximum absolute atomic E-state index is 6.68. The van der Waals surface area contributed by atoms with Crippen LogP contribution < -0.4 is 0 Å². The summed E-state index contributed by atoms with van der Waals surface area (Å²) in [7, 11) is 0. The molecule has 0 spiro atoms. The van der Waals surface area contributed by atoms with Crippen molar-refractivity contribution < 1.29 is 8.83 Å². The molecule has 0 saturated heterocycles. The maximum Gasteiger partial charge on any atom is 0.136 e. The van der Waals surface area contributed by atoms with Gasteiger partial charge in [-0.25, -0.2) is 0 Å². The number of furan rings is 2. The molecule has 0 N–H and O–H groups in total. The van der Waals surface area contributed by atoms with E-state index in [0.717, 1.165) is 55.4 Å². The molecule has 0 bridgehead atoms. The lowest BCUT2D eigenvalue weighted by Gasteiger charge is -2.22. The molecule has 0 saturated carbocycles. The van der Waals surface area contributed by atoms with Crippen molar-refractivity contribution in [2.24, 2.45) is 0 Å². The molecule has 0 unspecified atom stereocenters. The smallest absolute Gasteiger partial charge is 0.136 e. The Morgan fingerprint density at radius 1 is 0.395 bits per heavy atom. The van der Waals surface area contributed by atoms with Crippen molar-refractivity contribution in [3.05, 3.63) is 145 Å². The minimum Gasteiger partial charge on any atom is -0.456 e. The van der Waals surface area contributed by atoms with Crippen LogP contribution in [0.4, 0.5) is 0 Å². The summed E-state index contributed by atoms with van der Waals surface area (Å²) in [6, 6.07) is 49.1. The molecule has 43 heavy (non-hydrogen) atoms. The fourth-order valence-electron chi connectivity index (χ4n) is 6.99. The van der Waals surface area contributed by atoms with Gasteiger partial charge in [-0.3, -0.25) is 0 Å². The van der Waals surface area contributed by atoms with E-state index in [9.17, 15) is 0 Å². The van der Waals surface area contributed by atoms with Crippen LogP contribution >= 0.6 is 0 Å². The van der Waals surface area contributed by atoms with Crippen LogP contribution in [0.1, 0.15) is 5.56 Å². The molecule has 0 radical (unpaired) electrons. The Bertz CT molecular complexity index is 2440. The van der Waals surface area contributed by atoms with Crippen LogP contribution in [0.25, 0.3) is 88.0 Å². The molecule has 0 aliphatic rings. The highest BCUT2D eigenvalue weighted by atomic mass is 16.3. The van der Waals surface area contributed by atoms with E-state index in [2.05, 4.69) is 122 Å². The second-order valence-corrected chi connectivity index (χ2v) is 11.3. The van der Waals surface area contributed by atoms with Crippen molar-refractivity contribution in [3.63, 3.8) is 0 Å². The van der Waals surface area contributed by atoms with Gasteiger partial charge in [-0.2, -0.15) is 0 Å². The number of rotatable bonds is 3. The fraction of sp³-hybridized carbons (Fsp3) is 0.0244. The van der Waals surface area contributed by atoms with Crippen molar-refractivity contribution >= 4 is 54.3 Å². The first kappa shape index (κ1) is 24.0. The second kappa shape index (κ2) is 9.20. The largest absolute Gasteiger partial charge is 0.456 e. The molecule has 2 heterocycles. The summed E-state index contributed by atoms with van der Waals surface area (Å²) >= 11 is 0. The van der Waals surface area contributed by atoms with Crippen LogP contribution in [0.2, 0.25) is 0 Å². The summed E-state index contributed by atoms with van der Waals surface area (Å²) < 4.78 is 13.3. The van der Waals surface area contributed by atoms with Crippen molar-refractivity contribution in [1.29, 1.82) is 0 Å². The zero-order valence-corrected chi connectivity index (χ0v) is 23.6. The summed E-state index contributed by atoms with van der Waals surface area (Å²) in [6.45, 7) is 2.25. The Kier molecular flexibility index (Phi) is 5.15. The first-order valence-electron chi connectivity index (χ1n) is 14.7. The third-order valence-electron chi connectivity index (χ3n) is 8.85. The molecule has 7 aromatic carbocycles. The summed E-state index contributed by atoms with van der Waals surface area (Å²) in [4.78, 5) is 0. The first-order valence-corrected chi connectivity index (χ1v) is 14.7. The Morgan fingerprint density at radius 3 is 1.40 bits per heavy atom. The molecular weight excluding hydrogens is 524 g/mol. The number of hydrogen-bond donors (Lipinski definition) is 0. The predicted octanol–water partition coefficient (Wildman–Crippen LogP) is 11.9. The molecule has 2 heteroatoms. The minimum absolute atomic E-state index is 0.866. The molecule has 2 aromatic heterocycles. The van der Waals surface area contributed by atoms with E-state index in [1.807, 2.05) is 24.3 Å². The monoisotopic (exact) mass is 550 g/mol. The summed E-state index contributed by atoms with van der Waals surface area (Å²) in [6.07, 6.45) is 0. The lowest BCUT2D eigenvalue weighted by Crippen LogP contribution is -1.96. The van der Waals surface area contributed by atoms with Crippen LogP contribution in [0.15, 0.2) is 148 Å². The highest BCUT2D eigenvalue weighted by Crippen LogP contribution is 2.52. The Morgan fingerprint density at radius 2 is 0.837 bits per heavy atom. The molecule has 0 aliphatic carbocycles. The minimum atomic E-state index is 0.866. The van der Waals surface area contributed by atoms with Crippen LogP contribution in [0.5, 0.6) is 0 Å². The van der Waals surface area contributed by atoms with Gasteiger partial charge in [-0.1, -0.05) is 115 Å². The fourth-order valence-corrected chi connectivity index (χ4v) is 6.99. The summed E-state index contributed by atoms with van der Waals surface area (Å²) in [5, 5.41) is 9.28. The molecule has 0 fully saturated rings. The van der Waals surface area contributed by atoms with Gasteiger partial charge in [0.15, 0.2) is 0 Å². The third kappa shape index (κ3) is 3.53. The van der Waals surface area contributed by atoms with Gasteiger partial charge in [0.1, 0.15) is 22.7 Å². The molecule has 9 rings (SSSR count). The van der Waals surface area contributed by atoms with E-state index >= 15 is 0 Å². The molecule has 202 valence electrons. The number of benzene rings is 7. The number of aryl methyl sites for hydroxylation is 1. The van der Waals surface area contributed by atoms with E-state index in [0.29, 0.717) is 0 Å². The van der Waals surface area contributed by atoms with Crippen LogP contribution in [-0.2, 0) is 0 Å². The van der Waals surface area contributed by atoms with E-state index in [1.165, 1.54) is 38.2 Å². The number of para-hydroxylation sites is 2. The lowest BCUT2D eigenvalue weighted by atomic mass is 9.81. The topological polar surface area (TPSA) is 26.3 Å². The quantitative estimate of drug-likeness (QED) is 0.205. The number of fused-ring (bicyclic) bond motifs is 5. The molecule has 9 aromatic rings. The van der Waals surface area contributed by atoms with Gasteiger partial charge in [-0.15, -0.1) is 0 Å². The standard InChI is InChI=1S/C41H26O2/c1-25-29-17-7-8-18-30(29)38(26-13-3-2-4-14-26)41-37(25)39(35-23-27-15-5-11-21-33(27)42-35)31-19-9-10-20-32(31)40(41)36-24-28-16-6-12-22-34(28)43-36/h2-24H,1H3. The van der Waals surface area contributed by atoms with E-state index < -0.39 is 0 Å². The molecule has 0 amide bonds. The van der Waals surface area contributed by atoms with Gasteiger partial charge in [0.2, 0.25) is 0 Å². The van der Waals surface area contributed by atoms with Gasteiger partial charge in [0.05, 0.1) is 0 Å². The van der Waals surface area contributed by atoms with Crippen molar-refractivity contribution in [2.75, 3.05) is 0 Å². The predicted molar refractivity (Wildman–Crippen MR) is 180 cm³/mol. The highest BCUT2D eigenvalue weighted by Gasteiger charge is 2.26. The highest BCUT2D eigenvalue weighted by molar-refractivity contribution is 6.30. The van der Waals surface area contributed by atoms with Crippen molar-refractivity contribution in [3.8, 4) is 33.8 Å². The van der Waals surface area contributed by atoms with E-state index in [1.54, 1.807) is 0 Å². The zero-order valence-electron chi connectivity index (χ0n) is 23.6. The first-order chi connectivity index (χ1) is 21.3. The van der Waals surface area contributed by atoms with Crippen molar-refractivity contribution in [1.82, 2.24) is 0 Å². The van der Waals surface area contributed by atoms with Gasteiger partial charge in [-0.05, 0) is 74.8 Å². The Labute approximate surface area is 248 Å². The van der Waals surface area contributed by atoms with Crippen LogP contribution in [-0.4, -0.2) is 0 Å². The normalized spacial score (nSPS) is 11.8. The summed E-state index contributed by atoms with van der Waals surface area (Å²) in [5.74, 6) is 1.74. The Hall–Kier alpha value is -5.60. The van der Waals surface area contributed by atoms with E-state index in [4.69, 9.17) is 8.83 Å². The molecule has 0 atom stereocenters. The lowest BCUT2D eigenvalue weighted by molar-refractivity contribution is 0.631. The van der Waals surface area contributed by atoms with Gasteiger partial charge >= 0.3 is 0 Å². The Balaban J connectivity index is 1.59. The van der Waals surface area contributed by atoms with Gasteiger partial charge in [0, 0.05) is 27.3 Å².